The fourth-order valence-corrected chi connectivity index (χ4v) is 12.1. The molecule has 3 N–H and O–H groups in total. The SMILES string of the molecule is C=CCN(C(=O)NCC1CO1)C(=O)N(C=O)CC1CO1.CC1(C)C(=O)N(CC2CO2)C(=O)N1CC1CO1.CCCCN(C(=O)NCC1CO1)C(=O)N(C=O)CC1CO1.CN(C(=O)NCC1CO1)C(=O)N(C=O)CC1CO1.Cc1cc(C(=O)OCC2CO2)c(C)cc1C(=O)OCC1CO1.O=C(OCC1CO1)c1ccc(C(=O)OCC2CO2)cc1.O=C(OCC1CO1)c1cccc(C(=O)OCC2CO2)c1. The van der Waals surface area contributed by atoms with Gasteiger partial charge >= 0.3 is 78.0 Å². The van der Waals surface area contributed by atoms with Gasteiger partial charge in [0.2, 0.25) is 19.2 Å². The number of carbonyl (C=O) groups excluding carboxylic acids is 17. The number of rotatable bonds is 42. The Bertz CT molecular complexity index is 4660. The minimum Gasteiger partial charge on any atom is -0.459 e. The molecule has 48 heteroatoms. The minimum absolute atomic E-state index is 0.0154. The molecule has 15 heterocycles. The number of carbonyl (C=O) groups is 17. The molecule has 0 bridgehead atoms. The van der Waals surface area contributed by atoms with Crippen LogP contribution >= 0.6 is 0 Å². The molecular weight excluding hydrogens is 1830 g/mol. The van der Waals surface area contributed by atoms with E-state index >= 15 is 0 Å². The van der Waals surface area contributed by atoms with Gasteiger partial charge in [0.15, 0.2) is 0 Å². The normalized spacial score (nSPS) is 24.2. The molecule has 14 atom stereocenters. The lowest BCUT2D eigenvalue weighted by Crippen LogP contribution is -2.51. The predicted molar refractivity (Wildman–Crippen MR) is 466 cm³/mol. The molecule has 138 heavy (non-hydrogen) atoms. The van der Waals surface area contributed by atoms with Crippen molar-refractivity contribution < 1.29 is 176 Å². The Labute approximate surface area is 792 Å². The largest absolute Gasteiger partial charge is 0.459 e. The van der Waals surface area contributed by atoms with Crippen LogP contribution in [0.5, 0.6) is 0 Å². The van der Waals surface area contributed by atoms with Gasteiger partial charge in [-0.05, 0) is 99.8 Å². The van der Waals surface area contributed by atoms with Gasteiger partial charge in [0.1, 0.15) is 81.8 Å². The number of imide groups is 7. The van der Waals surface area contributed by atoms with Crippen LogP contribution in [-0.2, 0) is 114 Å². The molecule has 48 nitrogen and oxygen atoms in total. The highest BCUT2D eigenvalue weighted by molar-refractivity contribution is 6.07. The van der Waals surface area contributed by atoms with E-state index in [1.807, 2.05) is 6.92 Å². The number of urea groups is 7. The standard InChI is InChI=1S/C16H18O6.2C14H14O6.C13H21N3O5.C12H17N3O5.C11H16N2O4.C10H15N3O5/c1-9-3-14(16(18)22-8-12-6-20-12)10(2)4-13(9)15(17)21-7-11-5-19-11;15-13(19-7-11-5-17-11)9-1-2-10(4-3-9)14(16)20-8-12-6-18-12;15-13(19-7-11-5-17-11)9-2-1-3-10(4-9)14(16)20-8-12-6-18-12;1-2-3-4-16(12(18)14-5-10-7-20-10)13(19)15(9-17)6-11-8-21-11;1-2-3-15(11(17)13-4-9-6-19-9)12(18)14(8-16)5-10-7-20-10;1-11(2)9(14)12(3-7-5-16-7)10(15)13(11)4-8-6-17-8;1-12(9(15)11-2-7-4-17-7)10(16)13(6-14)3-8-5-18-8/h3-4,11-12H,5-8H2,1-2H3;2*1-4,11-12H,5-8H2;9-11H,2-8H2,1H3,(H,14,18);2,8-10H,1,3-7H2,(H,13,17);7-8H,3-6H2,1-2H3;6-8H,2-5H2,1H3,(H,11,15). The van der Waals surface area contributed by atoms with E-state index in [0.29, 0.717) is 195 Å². The van der Waals surface area contributed by atoms with Crippen molar-refractivity contribution in [3.63, 3.8) is 0 Å². The summed E-state index contributed by atoms with van der Waals surface area (Å²) >= 11 is 0. The molecule has 15 aliphatic heterocycles. The second kappa shape index (κ2) is 50.4. The first-order chi connectivity index (χ1) is 66.4. The van der Waals surface area contributed by atoms with Gasteiger partial charge in [-0.1, -0.05) is 25.5 Å². The Hall–Kier alpha value is -12.2. The second-order valence-corrected chi connectivity index (χ2v) is 34.1. The second-order valence-electron chi connectivity index (χ2n) is 34.1. The van der Waals surface area contributed by atoms with Crippen molar-refractivity contribution in [2.24, 2.45) is 0 Å². The smallest absolute Gasteiger partial charge is 0.338 e. The summed E-state index contributed by atoms with van der Waals surface area (Å²) in [4.78, 5) is 209. The maximum Gasteiger partial charge on any atom is 0.338 e. The Balaban J connectivity index is 0.000000145. The van der Waals surface area contributed by atoms with Crippen LogP contribution in [0.25, 0.3) is 0 Å². The van der Waals surface area contributed by atoms with E-state index in [-0.39, 0.29) is 170 Å². The van der Waals surface area contributed by atoms with E-state index in [1.165, 1.54) is 24.1 Å². The Morgan fingerprint density at radius 2 is 0.710 bits per heavy atom. The molecule has 14 unspecified atom stereocenters. The third-order valence-electron chi connectivity index (χ3n) is 21.8. The van der Waals surface area contributed by atoms with Gasteiger partial charge in [-0.3, -0.25) is 38.8 Å². The van der Waals surface area contributed by atoms with Crippen molar-refractivity contribution in [2.45, 2.75) is 138 Å². The highest BCUT2D eigenvalue weighted by Gasteiger charge is 2.54. The van der Waals surface area contributed by atoms with E-state index in [1.54, 1.807) is 87.2 Å². The molecule has 0 saturated carbocycles. The number of amides is 18. The zero-order valence-electron chi connectivity index (χ0n) is 77.2. The lowest BCUT2D eigenvalue weighted by atomic mass is 10.00. The first-order valence-electron chi connectivity index (χ1n) is 45.0. The molecular formula is C90H115N11O37. The van der Waals surface area contributed by atoms with Crippen molar-refractivity contribution >= 4 is 103 Å². The van der Waals surface area contributed by atoms with Crippen LogP contribution in [0.2, 0.25) is 0 Å². The summed E-state index contributed by atoms with van der Waals surface area (Å²) in [6.45, 7) is 25.5. The lowest BCUT2D eigenvalue weighted by molar-refractivity contribution is -0.132. The number of hydrogen-bond donors (Lipinski definition) is 3. The number of aryl methyl sites for hydroxylation is 2. The lowest BCUT2D eigenvalue weighted by Gasteiger charge is -2.26. The summed E-state index contributed by atoms with van der Waals surface area (Å²) in [5.74, 6) is -2.73. The van der Waals surface area contributed by atoms with Crippen LogP contribution in [0.3, 0.4) is 0 Å². The van der Waals surface area contributed by atoms with Crippen LogP contribution < -0.4 is 16.0 Å². The Kier molecular flexibility index (Phi) is 38.3. The molecule has 3 aromatic carbocycles. The fraction of sp³-hybridized carbons (Fsp3) is 0.589. The van der Waals surface area contributed by atoms with Crippen molar-refractivity contribution in [3.8, 4) is 0 Å². The molecule has 0 spiro atoms. The average molecular weight is 1940 g/mol. The first-order valence-corrected chi connectivity index (χ1v) is 45.0. The van der Waals surface area contributed by atoms with Gasteiger partial charge in [0.25, 0.3) is 5.91 Å². The van der Waals surface area contributed by atoms with Crippen molar-refractivity contribution in [2.75, 3.05) is 205 Å². The van der Waals surface area contributed by atoms with E-state index in [4.69, 9.17) is 94.7 Å². The highest BCUT2D eigenvalue weighted by atomic mass is 16.7. The summed E-state index contributed by atoms with van der Waals surface area (Å²) in [5.41, 5.74) is 2.95. The number of unbranched alkanes of at least 4 members (excludes halogenated alkanes) is 1. The molecule has 0 aromatic heterocycles. The van der Waals surface area contributed by atoms with Crippen LogP contribution in [0, 0.1) is 13.8 Å². The molecule has 752 valence electrons. The number of nitrogens with one attached hydrogen (secondary N) is 3. The number of benzene rings is 3. The van der Waals surface area contributed by atoms with E-state index < -0.39 is 77.5 Å². The monoisotopic (exact) mass is 1940 g/mol. The summed E-state index contributed by atoms with van der Waals surface area (Å²) in [7, 11) is 1.32. The minimum atomic E-state index is -0.766. The van der Waals surface area contributed by atoms with E-state index in [0.717, 1.165) is 35.8 Å². The van der Waals surface area contributed by atoms with Crippen LogP contribution in [0.4, 0.5) is 33.6 Å². The zero-order chi connectivity index (χ0) is 98.7. The van der Waals surface area contributed by atoms with Crippen molar-refractivity contribution in [1.82, 2.24) is 55.1 Å². The maximum atomic E-state index is 12.3. The molecule has 0 aliphatic carbocycles. The number of nitrogens with zero attached hydrogens (tertiary/aromatic N) is 8. The summed E-state index contributed by atoms with van der Waals surface area (Å²) in [6.07, 6.45) is 4.28. The highest BCUT2D eigenvalue weighted by Crippen LogP contribution is 2.32. The molecule has 0 radical (unpaired) electrons. The van der Waals surface area contributed by atoms with Gasteiger partial charge < -0.3 is 116 Å². The summed E-state index contributed by atoms with van der Waals surface area (Å²) in [5, 5.41) is 7.77. The van der Waals surface area contributed by atoms with Crippen LogP contribution in [0.15, 0.2) is 73.3 Å². The number of ether oxygens (including phenoxy) is 20. The van der Waals surface area contributed by atoms with E-state index in [2.05, 4.69) is 22.5 Å². The van der Waals surface area contributed by atoms with Gasteiger partial charge in [-0.25, -0.2) is 77.0 Å². The molecule has 18 rings (SSSR count). The fourth-order valence-electron chi connectivity index (χ4n) is 12.1. The average Bonchev–Trinajstić information content (AvgIpc) is 1.60. The quantitative estimate of drug-likeness (QED) is 0.0181. The molecule has 18 amide bonds. The Morgan fingerprint density at radius 1 is 0.406 bits per heavy atom. The number of epoxide rings is 14. The van der Waals surface area contributed by atoms with Crippen molar-refractivity contribution in [3.05, 3.63) is 118 Å². The summed E-state index contributed by atoms with van der Waals surface area (Å²) < 4.78 is 100. The number of hydrogen-bond acceptors (Lipinski definition) is 37. The first kappa shape index (κ1) is 105. The van der Waals surface area contributed by atoms with Gasteiger partial charge in [-0.15, -0.1) is 6.58 Å². The molecule has 15 aliphatic rings. The third kappa shape index (κ3) is 36.0. The molecule has 3 aromatic rings. The predicted octanol–water partition coefficient (Wildman–Crippen LogP) is 1.57. The third-order valence-corrected chi connectivity index (χ3v) is 21.8. The Morgan fingerprint density at radius 3 is 1.04 bits per heavy atom. The van der Waals surface area contributed by atoms with Crippen molar-refractivity contribution in [1.29, 1.82) is 0 Å². The summed E-state index contributed by atoms with van der Waals surface area (Å²) in [6, 6.07) is 12.0. The molecule has 15 saturated heterocycles. The van der Waals surface area contributed by atoms with Crippen LogP contribution in [0.1, 0.15) is 107 Å². The maximum absolute atomic E-state index is 12.3. The topological polar surface area (TPSA) is 583 Å². The van der Waals surface area contributed by atoms with Gasteiger partial charge in [0, 0.05) is 33.2 Å². The zero-order valence-corrected chi connectivity index (χ0v) is 77.2. The van der Waals surface area contributed by atoms with Crippen LogP contribution in [-0.4, -0.2) is 438 Å². The molecule has 15 fully saturated rings. The number of esters is 6. The van der Waals surface area contributed by atoms with Gasteiger partial charge in [-0.2, -0.15) is 0 Å². The van der Waals surface area contributed by atoms with E-state index in [9.17, 15) is 81.5 Å². The van der Waals surface area contributed by atoms with Gasteiger partial charge in [0.05, 0.1) is 214 Å².